The molecule has 0 aromatic heterocycles. The lowest BCUT2D eigenvalue weighted by molar-refractivity contribution is 0.368. The molecule has 1 aromatic rings. The summed E-state index contributed by atoms with van der Waals surface area (Å²) in [6, 6.07) is 5.39. The van der Waals surface area contributed by atoms with Gasteiger partial charge in [-0.05, 0) is 61.6 Å². The third kappa shape index (κ3) is 2.18. The Hall–Kier alpha value is -1.11. The zero-order valence-corrected chi connectivity index (χ0v) is 9.88. The van der Waals surface area contributed by atoms with Crippen LogP contribution in [-0.4, -0.2) is 0 Å². The maximum absolute atomic E-state index is 13.8. The van der Waals surface area contributed by atoms with Crippen LogP contribution in [0.2, 0.25) is 0 Å². The van der Waals surface area contributed by atoms with E-state index in [-0.39, 0.29) is 5.82 Å². The van der Waals surface area contributed by atoms with Gasteiger partial charge in [-0.3, -0.25) is 0 Å². The minimum absolute atomic E-state index is 0.0259. The van der Waals surface area contributed by atoms with Crippen LogP contribution in [0.1, 0.15) is 42.7 Å². The van der Waals surface area contributed by atoms with E-state index in [0.29, 0.717) is 11.8 Å². The smallest absolute Gasteiger partial charge is 0.126 e. The molecule has 0 amide bonds. The molecule has 0 bridgehead atoms. The van der Waals surface area contributed by atoms with Crippen molar-refractivity contribution in [3.8, 4) is 0 Å². The number of hydrogen-bond acceptors (Lipinski definition) is 0. The van der Waals surface area contributed by atoms with Gasteiger partial charge in [0.1, 0.15) is 5.82 Å². The van der Waals surface area contributed by atoms with Crippen molar-refractivity contribution in [2.75, 3.05) is 0 Å². The molecule has 1 aliphatic carbocycles. The van der Waals surface area contributed by atoms with E-state index in [1.54, 1.807) is 12.1 Å². The van der Waals surface area contributed by atoms with Crippen molar-refractivity contribution in [3.63, 3.8) is 0 Å². The molecule has 16 heavy (non-hydrogen) atoms. The van der Waals surface area contributed by atoms with Crippen molar-refractivity contribution in [2.24, 2.45) is 5.92 Å². The highest BCUT2D eigenvalue weighted by atomic mass is 19.1. The van der Waals surface area contributed by atoms with Crippen LogP contribution in [0.4, 0.5) is 4.39 Å². The minimum atomic E-state index is -0.0259. The van der Waals surface area contributed by atoms with Crippen LogP contribution >= 0.6 is 0 Å². The number of rotatable bonds is 2. The Balaban J connectivity index is 2.17. The molecule has 1 fully saturated rings. The fourth-order valence-corrected chi connectivity index (χ4v) is 2.81. The Morgan fingerprint density at radius 3 is 2.50 bits per heavy atom. The minimum Gasteiger partial charge on any atom is -0.207 e. The maximum Gasteiger partial charge on any atom is 0.126 e. The highest BCUT2D eigenvalue weighted by Crippen LogP contribution is 2.38. The van der Waals surface area contributed by atoms with Gasteiger partial charge in [0.2, 0.25) is 0 Å². The van der Waals surface area contributed by atoms with Crippen LogP contribution in [0.15, 0.2) is 30.9 Å². The maximum atomic E-state index is 13.8. The summed E-state index contributed by atoms with van der Waals surface area (Å²) in [5.41, 5.74) is 2.05. The molecule has 2 rings (SSSR count). The van der Waals surface area contributed by atoms with Gasteiger partial charge in [0.05, 0.1) is 0 Å². The number of allylic oxidation sites excluding steroid dienone is 1. The first-order valence-electron chi connectivity index (χ1n) is 6.10. The second-order valence-electron chi connectivity index (χ2n) is 4.82. The second-order valence-corrected chi connectivity index (χ2v) is 4.82. The zero-order chi connectivity index (χ0) is 11.5. The third-order valence-corrected chi connectivity index (χ3v) is 3.78. The average Bonchev–Trinajstić information content (AvgIpc) is 2.30. The lowest BCUT2D eigenvalue weighted by Crippen LogP contribution is -2.13. The highest BCUT2D eigenvalue weighted by molar-refractivity contribution is 5.31. The van der Waals surface area contributed by atoms with E-state index >= 15 is 0 Å². The third-order valence-electron chi connectivity index (χ3n) is 3.78. The highest BCUT2D eigenvalue weighted by Gasteiger charge is 2.23. The van der Waals surface area contributed by atoms with Crippen molar-refractivity contribution >= 4 is 0 Å². The molecule has 0 radical (unpaired) electrons. The Morgan fingerprint density at radius 2 is 1.94 bits per heavy atom. The monoisotopic (exact) mass is 218 g/mol. The van der Waals surface area contributed by atoms with E-state index in [2.05, 4.69) is 6.58 Å². The zero-order valence-electron chi connectivity index (χ0n) is 9.88. The number of hydrogen-bond donors (Lipinski definition) is 0. The predicted octanol–water partition coefficient (Wildman–Crippen LogP) is 4.59. The molecule has 1 aliphatic rings. The van der Waals surface area contributed by atoms with E-state index in [1.165, 1.54) is 0 Å². The van der Waals surface area contributed by atoms with Gasteiger partial charge in [0, 0.05) is 0 Å². The summed E-state index contributed by atoms with van der Waals surface area (Å²) < 4.78 is 13.8. The number of halogens is 1. The second kappa shape index (κ2) is 4.82. The molecule has 1 aromatic carbocycles. The molecule has 0 atom stereocenters. The van der Waals surface area contributed by atoms with Crippen LogP contribution in [0.3, 0.4) is 0 Å². The molecule has 0 spiro atoms. The Bertz CT molecular complexity index is 353. The van der Waals surface area contributed by atoms with Crippen molar-refractivity contribution in [2.45, 2.75) is 38.5 Å². The van der Waals surface area contributed by atoms with Gasteiger partial charge in [-0.25, -0.2) is 4.39 Å². The van der Waals surface area contributed by atoms with E-state index < -0.39 is 0 Å². The first-order chi connectivity index (χ1) is 7.72. The molecular weight excluding hydrogens is 199 g/mol. The molecule has 0 saturated heterocycles. The molecule has 1 heteroatoms. The van der Waals surface area contributed by atoms with Crippen LogP contribution in [0, 0.1) is 18.7 Å². The van der Waals surface area contributed by atoms with Crippen molar-refractivity contribution in [3.05, 3.63) is 47.8 Å². The fraction of sp³-hybridized carbons (Fsp3) is 0.467. The van der Waals surface area contributed by atoms with Gasteiger partial charge < -0.3 is 0 Å². The topological polar surface area (TPSA) is 0 Å². The normalized spacial score (nSPS) is 25.4. The molecule has 0 heterocycles. The lowest BCUT2D eigenvalue weighted by atomic mass is 9.77. The molecular formula is C15H19F. The van der Waals surface area contributed by atoms with Gasteiger partial charge >= 0.3 is 0 Å². The van der Waals surface area contributed by atoms with E-state index in [1.807, 2.05) is 19.1 Å². The molecule has 86 valence electrons. The SMILES string of the molecule is C=C[C@H]1CC[C@H](c2c(C)cccc2F)CC1. The van der Waals surface area contributed by atoms with Crippen LogP contribution in [0.25, 0.3) is 0 Å². The first-order valence-corrected chi connectivity index (χ1v) is 6.10. The van der Waals surface area contributed by atoms with Gasteiger partial charge in [-0.1, -0.05) is 18.2 Å². The van der Waals surface area contributed by atoms with Crippen molar-refractivity contribution in [1.29, 1.82) is 0 Å². The largest absolute Gasteiger partial charge is 0.207 e. The molecule has 0 unspecified atom stereocenters. The summed E-state index contributed by atoms with van der Waals surface area (Å²) in [6.45, 7) is 5.86. The summed E-state index contributed by atoms with van der Waals surface area (Å²) in [6.07, 6.45) is 6.55. The quantitative estimate of drug-likeness (QED) is 0.637. The Kier molecular flexibility index (Phi) is 3.42. The Labute approximate surface area is 97.2 Å². The average molecular weight is 218 g/mol. The van der Waals surface area contributed by atoms with E-state index in [0.717, 1.165) is 36.8 Å². The fourth-order valence-electron chi connectivity index (χ4n) is 2.81. The van der Waals surface area contributed by atoms with Gasteiger partial charge in [0.25, 0.3) is 0 Å². The molecule has 0 N–H and O–H groups in total. The summed E-state index contributed by atoms with van der Waals surface area (Å²) in [5, 5.41) is 0. The van der Waals surface area contributed by atoms with Gasteiger partial charge in [-0.15, -0.1) is 6.58 Å². The van der Waals surface area contributed by atoms with E-state index in [4.69, 9.17) is 0 Å². The van der Waals surface area contributed by atoms with Crippen LogP contribution in [-0.2, 0) is 0 Å². The summed E-state index contributed by atoms with van der Waals surface area (Å²) in [7, 11) is 0. The molecule has 1 saturated carbocycles. The summed E-state index contributed by atoms with van der Waals surface area (Å²) in [4.78, 5) is 0. The predicted molar refractivity (Wildman–Crippen MR) is 66.0 cm³/mol. The van der Waals surface area contributed by atoms with E-state index in [9.17, 15) is 4.39 Å². The van der Waals surface area contributed by atoms with Gasteiger partial charge in [-0.2, -0.15) is 0 Å². The standard InChI is InChI=1S/C15H19F/c1-3-12-7-9-13(10-8-12)15-11(2)5-4-6-14(15)16/h3-6,12-13H,1,7-10H2,2H3/t12-,13-. The van der Waals surface area contributed by atoms with Crippen molar-refractivity contribution < 1.29 is 4.39 Å². The summed E-state index contributed by atoms with van der Waals surface area (Å²) >= 11 is 0. The van der Waals surface area contributed by atoms with Gasteiger partial charge in [0.15, 0.2) is 0 Å². The van der Waals surface area contributed by atoms with Crippen LogP contribution < -0.4 is 0 Å². The molecule has 0 nitrogen and oxygen atoms in total. The van der Waals surface area contributed by atoms with Crippen molar-refractivity contribution in [1.82, 2.24) is 0 Å². The number of aryl methyl sites for hydroxylation is 1. The Morgan fingerprint density at radius 1 is 1.25 bits per heavy atom. The molecule has 0 aliphatic heterocycles. The number of benzene rings is 1. The van der Waals surface area contributed by atoms with Crippen LogP contribution in [0.5, 0.6) is 0 Å². The first kappa shape index (κ1) is 11.4. The summed E-state index contributed by atoms with van der Waals surface area (Å²) in [5.74, 6) is 1.03. The lowest BCUT2D eigenvalue weighted by Gasteiger charge is -2.28.